The van der Waals surface area contributed by atoms with Crippen molar-refractivity contribution in [2.45, 2.75) is 12.5 Å². The first-order valence-corrected chi connectivity index (χ1v) is 8.22. The second kappa shape index (κ2) is 7.89. The normalized spacial score (nSPS) is 11.7. The topological polar surface area (TPSA) is 27.7 Å². The van der Waals surface area contributed by atoms with Gasteiger partial charge in [-0.25, -0.2) is 0 Å². The summed E-state index contributed by atoms with van der Waals surface area (Å²) in [4.78, 5) is 0. The molecule has 0 aliphatic rings. The summed E-state index contributed by atoms with van der Waals surface area (Å²) in [7, 11) is 0.808. The zero-order valence-corrected chi connectivity index (χ0v) is 12.3. The molecule has 1 aromatic carbocycles. The fourth-order valence-corrected chi connectivity index (χ4v) is 3.85. The third kappa shape index (κ3) is 4.81. The molecule has 0 radical (unpaired) electrons. The lowest BCUT2D eigenvalue weighted by molar-refractivity contribution is 0.105. The molecule has 0 aliphatic carbocycles. The van der Waals surface area contributed by atoms with Crippen LogP contribution in [0.5, 0.6) is 0 Å². The van der Waals surface area contributed by atoms with Crippen LogP contribution in [0.4, 0.5) is 0 Å². The number of benzene rings is 1. The fourth-order valence-electron chi connectivity index (χ4n) is 1.62. The highest BCUT2D eigenvalue weighted by atomic mass is 32.1. The Bertz CT molecular complexity index is 304. The molecule has 0 atom stereocenters. The van der Waals surface area contributed by atoms with Crippen LogP contribution in [0.3, 0.4) is 0 Å². The molecule has 0 saturated carbocycles. The number of aryl methyl sites for hydroxylation is 1. The van der Waals surface area contributed by atoms with E-state index in [-0.39, 0.29) is 0 Å². The Balaban J connectivity index is 2.54. The Morgan fingerprint density at radius 2 is 1.76 bits per heavy atom. The molecule has 5 heteroatoms. The van der Waals surface area contributed by atoms with Crippen molar-refractivity contribution in [2.24, 2.45) is 0 Å². The predicted molar refractivity (Wildman–Crippen MR) is 74.5 cm³/mol. The van der Waals surface area contributed by atoms with Crippen molar-refractivity contribution in [1.29, 1.82) is 0 Å². The van der Waals surface area contributed by atoms with E-state index in [1.54, 1.807) is 14.2 Å². The molecule has 0 amide bonds. The van der Waals surface area contributed by atoms with Crippen molar-refractivity contribution < 1.29 is 13.3 Å². The fraction of sp³-hybridized carbons (Fsp3) is 0.500. The Hall–Kier alpha value is -0.333. The van der Waals surface area contributed by atoms with Gasteiger partial charge in [-0.1, -0.05) is 30.3 Å². The van der Waals surface area contributed by atoms with E-state index < -0.39 is 8.80 Å². The maximum absolute atomic E-state index is 5.72. The molecule has 0 saturated heterocycles. The summed E-state index contributed by atoms with van der Waals surface area (Å²) < 4.78 is 16.7. The number of thiol groups is 1. The molecule has 1 aromatic rings. The van der Waals surface area contributed by atoms with E-state index in [9.17, 15) is 0 Å². The van der Waals surface area contributed by atoms with Gasteiger partial charge in [0.15, 0.2) is 0 Å². The first kappa shape index (κ1) is 14.7. The van der Waals surface area contributed by atoms with Crippen LogP contribution < -0.4 is 0 Å². The van der Waals surface area contributed by atoms with Gasteiger partial charge in [0.1, 0.15) is 0 Å². The van der Waals surface area contributed by atoms with Crippen LogP contribution in [0.2, 0.25) is 6.04 Å². The number of hydrogen-bond acceptors (Lipinski definition) is 4. The number of hydrogen-bond donors (Lipinski definition) is 1. The lowest BCUT2D eigenvalue weighted by atomic mass is 10.2. The summed E-state index contributed by atoms with van der Waals surface area (Å²) in [6.07, 6.45) is 0.904. The van der Waals surface area contributed by atoms with Crippen molar-refractivity contribution in [3.05, 3.63) is 35.9 Å². The Morgan fingerprint density at radius 1 is 1.12 bits per heavy atom. The molecule has 0 heterocycles. The molecule has 0 aliphatic heterocycles. The van der Waals surface area contributed by atoms with Crippen LogP contribution >= 0.6 is 12.6 Å². The monoisotopic (exact) mass is 272 g/mol. The molecular formula is C12H20O3SSi. The van der Waals surface area contributed by atoms with E-state index in [4.69, 9.17) is 13.3 Å². The molecule has 0 N–H and O–H groups in total. The Kier molecular flexibility index (Phi) is 6.84. The van der Waals surface area contributed by atoms with Gasteiger partial charge in [0.2, 0.25) is 0 Å². The average molecular weight is 272 g/mol. The molecule has 0 aromatic heterocycles. The first-order valence-electron chi connectivity index (χ1n) is 5.65. The SMILES string of the molecule is CO[Si](CCc1ccccc1)(OC)OCCS. The van der Waals surface area contributed by atoms with Crippen LogP contribution in [-0.2, 0) is 19.7 Å². The highest BCUT2D eigenvalue weighted by Gasteiger charge is 2.38. The lowest BCUT2D eigenvalue weighted by Gasteiger charge is -2.26. The van der Waals surface area contributed by atoms with Gasteiger partial charge in [0.25, 0.3) is 0 Å². The average Bonchev–Trinajstić information content (AvgIpc) is 2.41. The van der Waals surface area contributed by atoms with Gasteiger partial charge < -0.3 is 13.3 Å². The van der Waals surface area contributed by atoms with Crippen LogP contribution in [0.1, 0.15) is 5.56 Å². The van der Waals surface area contributed by atoms with Gasteiger partial charge >= 0.3 is 8.80 Å². The maximum Gasteiger partial charge on any atom is 0.500 e. The van der Waals surface area contributed by atoms with Crippen LogP contribution in [0.15, 0.2) is 30.3 Å². The maximum atomic E-state index is 5.72. The standard InChI is InChI=1S/C12H20O3SSi/c1-13-17(14-2,15-9-10-16)11-8-12-6-4-3-5-7-12/h3-7,16H,8-11H2,1-2H3. The van der Waals surface area contributed by atoms with E-state index >= 15 is 0 Å². The van der Waals surface area contributed by atoms with E-state index in [1.165, 1.54) is 5.56 Å². The smallest absolute Gasteiger partial charge is 0.377 e. The van der Waals surface area contributed by atoms with E-state index in [0.29, 0.717) is 12.4 Å². The second-order valence-electron chi connectivity index (χ2n) is 3.65. The van der Waals surface area contributed by atoms with E-state index in [2.05, 4.69) is 24.8 Å². The van der Waals surface area contributed by atoms with Crippen LogP contribution in [-0.4, -0.2) is 35.4 Å². The summed E-state index contributed by atoms with van der Waals surface area (Å²) in [5.74, 6) is 0.673. The van der Waals surface area contributed by atoms with Gasteiger partial charge in [0.05, 0.1) is 0 Å². The van der Waals surface area contributed by atoms with Gasteiger partial charge in [-0.2, -0.15) is 12.6 Å². The molecule has 96 valence electrons. The van der Waals surface area contributed by atoms with Crippen molar-refractivity contribution in [3.63, 3.8) is 0 Å². The third-order valence-electron chi connectivity index (χ3n) is 2.60. The minimum Gasteiger partial charge on any atom is -0.377 e. The van der Waals surface area contributed by atoms with E-state index in [0.717, 1.165) is 12.5 Å². The Morgan fingerprint density at radius 3 is 2.29 bits per heavy atom. The van der Waals surface area contributed by atoms with Crippen molar-refractivity contribution in [3.8, 4) is 0 Å². The molecule has 0 fully saturated rings. The summed E-state index contributed by atoms with van der Waals surface area (Å²) in [6.45, 7) is 0.561. The van der Waals surface area contributed by atoms with Crippen molar-refractivity contribution in [2.75, 3.05) is 26.6 Å². The van der Waals surface area contributed by atoms with Gasteiger partial charge in [-0.15, -0.1) is 0 Å². The van der Waals surface area contributed by atoms with Crippen LogP contribution in [0, 0.1) is 0 Å². The van der Waals surface area contributed by atoms with E-state index in [1.807, 2.05) is 18.2 Å². The highest BCUT2D eigenvalue weighted by molar-refractivity contribution is 7.80. The molecular weight excluding hydrogens is 252 g/mol. The molecule has 3 nitrogen and oxygen atoms in total. The summed E-state index contributed by atoms with van der Waals surface area (Å²) in [5.41, 5.74) is 1.27. The zero-order valence-electron chi connectivity index (χ0n) is 10.4. The lowest BCUT2D eigenvalue weighted by Crippen LogP contribution is -2.44. The first-order chi connectivity index (χ1) is 8.26. The molecule has 1 rings (SSSR count). The van der Waals surface area contributed by atoms with Crippen molar-refractivity contribution in [1.82, 2.24) is 0 Å². The van der Waals surface area contributed by atoms with Gasteiger partial charge in [-0.05, 0) is 12.0 Å². The molecule has 0 unspecified atom stereocenters. The quantitative estimate of drug-likeness (QED) is 0.582. The summed E-state index contributed by atoms with van der Waals surface area (Å²) in [6, 6.07) is 11.1. The second-order valence-corrected chi connectivity index (χ2v) is 7.07. The van der Waals surface area contributed by atoms with Crippen molar-refractivity contribution >= 4 is 21.4 Å². The molecule has 0 bridgehead atoms. The van der Waals surface area contributed by atoms with Gasteiger partial charge in [0, 0.05) is 32.6 Å². The summed E-state index contributed by atoms with van der Waals surface area (Å²) in [5, 5.41) is 0. The highest BCUT2D eigenvalue weighted by Crippen LogP contribution is 2.17. The summed E-state index contributed by atoms with van der Waals surface area (Å²) >= 11 is 4.13. The molecule has 17 heavy (non-hydrogen) atoms. The molecule has 0 spiro atoms. The third-order valence-corrected chi connectivity index (χ3v) is 5.53. The minimum absolute atomic E-state index is 0.561. The predicted octanol–water partition coefficient (Wildman–Crippen LogP) is 2.41. The van der Waals surface area contributed by atoms with Crippen LogP contribution in [0.25, 0.3) is 0 Å². The number of rotatable bonds is 8. The van der Waals surface area contributed by atoms with Gasteiger partial charge in [-0.3, -0.25) is 0 Å². The zero-order chi connectivity index (χ0) is 12.6. The minimum atomic E-state index is -2.50. The largest absolute Gasteiger partial charge is 0.500 e. The Labute approximate surface area is 110 Å².